The van der Waals surface area contributed by atoms with Crippen molar-refractivity contribution in [3.05, 3.63) is 42.1 Å². The van der Waals surface area contributed by atoms with Crippen LogP contribution in [0, 0.1) is 12.8 Å². The largest absolute Gasteiger partial charge is 0.573 e. The van der Waals surface area contributed by atoms with E-state index in [-0.39, 0.29) is 5.75 Å². The summed E-state index contributed by atoms with van der Waals surface area (Å²) < 4.78 is 55.7. The van der Waals surface area contributed by atoms with Crippen LogP contribution < -0.4 is 9.64 Å². The molecule has 5 rings (SSSR count). The van der Waals surface area contributed by atoms with Crippen LogP contribution >= 0.6 is 23.9 Å². The highest BCUT2D eigenvalue weighted by Gasteiger charge is 2.41. The Labute approximate surface area is 216 Å². The normalized spacial score (nSPS) is 22.6. The van der Waals surface area contributed by atoms with Gasteiger partial charge in [-0.3, -0.25) is 0 Å². The first-order valence-corrected chi connectivity index (χ1v) is 13.4. The van der Waals surface area contributed by atoms with Crippen molar-refractivity contribution < 1.29 is 22.3 Å². The maximum atomic E-state index is 12.4. The number of rotatable bonds is 7. The molecule has 13 heteroatoms. The summed E-state index contributed by atoms with van der Waals surface area (Å²) in [6.07, 6.45) is -1.13. The molecule has 1 aromatic carbocycles. The predicted octanol–water partition coefficient (Wildman–Crippen LogP) is 4.83. The predicted molar refractivity (Wildman–Crippen MR) is 136 cm³/mol. The molecule has 1 aromatic heterocycles. The second kappa shape index (κ2) is 10.5. The van der Waals surface area contributed by atoms with Gasteiger partial charge < -0.3 is 23.9 Å². The Bertz CT molecular complexity index is 1120. The van der Waals surface area contributed by atoms with Gasteiger partial charge in [0.1, 0.15) is 17.9 Å². The summed E-state index contributed by atoms with van der Waals surface area (Å²) in [5.74, 6) is 2.71. The van der Waals surface area contributed by atoms with E-state index in [1.807, 2.05) is 18.9 Å². The molecule has 0 radical (unpaired) electrons. The standard InChI is InChI=1S/C23H27F3N6O2S2/c1-15-20(33-14-27-15)21-28-36-29-22(30(21)2)35-11-3-9-31-12-16-8-10-32(19(16)13-31)17-4-6-18(7-5-17)34-23(24,25)26/h4-7,14,16,19H,3,8-13H2,1-2H3. The number of alkyl halides is 3. The lowest BCUT2D eigenvalue weighted by atomic mass is 10.1. The highest BCUT2D eigenvalue weighted by atomic mass is 32.2. The zero-order valence-electron chi connectivity index (χ0n) is 19.9. The number of hydrogen-bond donors (Lipinski definition) is 0. The molecule has 8 nitrogen and oxygen atoms in total. The lowest BCUT2D eigenvalue weighted by Crippen LogP contribution is -2.35. The summed E-state index contributed by atoms with van der Waals surface area (Å²) >= 11 is 2.87. The third kappa shape index (κ3) is 5.62. The summed E-state index contributed by atoms with van der Waals surface area (Å²) in [7, 11) is 1.93. The van der Waals surface area contributed by atoms with Crippen molar-refractivity contribution >= 4 is 40.6 Å². The molecule has 0 bridgehead atoms. The fraction of sp³-hybridized carbons (Fsp3) is 0.522. The van der Waals surface area contributed by atoms with Crippen molar-refractivity contribution in [3.63, 3.8) is 0 Å². The first kappa shape index (κ1) is 25.3. The number of anilines is 1. The van der Waals surface area contributed by atoms with Crippen molar-refractivity contribution in [2.24, 2.45) is 14.7 Å². The number of nitrogens with zero attached hydrogens (tertiary/aromatic N) is 6. The van der Waals surface area contributed by atoms with Gasteiger partial charge in [0.2, 0.25) is 0 Å². The number of likely N-dealkylation sites (tertiary alicyclic amines) is 1. The Morgan fingerprint density at radius 2 is 2.00 bits per heavy atom. The van der Waals surface area contributed by atoms with Crippen LogP contribution in [0.2, 0.25) is 0 Å². The van der Waals surface area contributed by atoms with Gasteiger partial charge in [0.15, 0.2) is 23.2 Å². The lowest BCUT2D eigenvalue weighted by molar-refractivity contribution is -0.274. The van der Waals surface area contributed by atoms with Crippen LogP contribution in [0.4, 0.5) is 18.9 Å². The molecule has 0 saturated carbocycles. The van der Waals surface area contributed by atoms with Crippen molar-refractivity contribution in [3.8, 4) is 5.75 Å². The number of ether oxygens (including phenoxy) is 1. The van der Waals surface area contributed by atoms with E-state index in [9.17, 15) is 13.2 Å². The van der Waals surface area contributed by atoms with Gasteiger partial charge in [-0.1, -0.05) is 11.8 Å². The summed E-state index contributed by atoms with van der Waals surface area (Å²) in [5, 5.41) is 0.892. The third-order valence-corrected chi connectivity index (χ3v) is 8.42. The van der Waals surface area contributed by atoms with Gasteiger partial charge in [0.25, 0.3) is 0 Å². The highest BCUT2D eigenvalue weighted by Crippen LogP contribution is 2.36. The van der Waals surface area contributed by atoms with E-state index in [2.05, 4.69) is 28.3 Å². The van der Waals surface area contributed by atoms with Crippen LogP contribution in [-0.2, 0) is 0 Å². The fourth-order valence-corrected chi connectivity index (χ4v) is 6.55. The molecule has 0 aliphatic carbocycles. The zero-order valence-corrected chi connectivity index (χ0v) is 21.6. The average Bonchev–Trinajstić information content (AvgIpc) is 3.53. The maximum Gasteiger partial charge on any atom is 0.573 e. The highest BCUT2D eigenvalue weighted by molar-refractivity contribution is 8.14. The first-order chi connectivity index (χ1) is 17.3. The van der Waals surface area contributed by atoms with E-state index in [4.69, 9.17) is 4.42 Å². The third-order valence-electron chi connectivity index (χ3n) is 6.67. The number of benzene rings is 1. The summed E-state index contributed by atoms with van der Waals surface area (Å²) in [4.78, 5) is 10.9. The van der Waals surface area contributed by atoms with Gasteiger partial charge in [-0.2, -0.15) is 8.80 Å². The molecule has 2 aromatic rings. The number of aromatic nitrogens is 1. The molecule has 2 atom stereocenters. The molecular formula is C23H27F3N6O2S2. The minimum Gasteiger partial charge on any atom is -0.440 e. The van der Waals surface area contributed by atoms with Gasteiger partial charge in [0, 0.05) is 44.2 Å². The molecule has 2 unspecified atom stereocenters. The van der Waals surface area contributed by atoms with Crippen LogP contribution in [-0.4, -0.2) is 77.2 Å². The zero-order chi connectivity index (χ0) is 25.3. The van der Waals surface area contributed by atoms with Crippen LogP contribution in [0.5, 0.6) is 5.75 Å². The second-order valence-corrected chi connectivity index (χ2v) is 10.6. The summed E-state index contributed by atoms with van der Waals surface area (Å²) in [5.41, 5.74) is 1.75. The molecule has 3 aliphatic heterocycles. The number of hydrogen-bond acceptors (Lipinski definition) is 10. The minimum atomic E-state index is -4.67. The van der Waals surface area contributed by atoms with Gasteiger partial charge >= 0.3 is 6.36 Å². The van der Waals surface area contributed by atoms with Gasteiger partial charge in [-0.05, 0) is 56.5 Å². The van der Waals surface area contributed by atoms with E-state index in [0.29, 0.717) is 17.7 Å². The second-order valence-electron chi connectivity index (χ2n) is 9.01. The molecule has 3 aliphatic rings. The Morgan fingerprint density at radius 3 is 2.72 bits per heavy atom. The van der Waals surface area contributed by atoms with Crippen LogP contribution in [0.1, 0.15) is 24.3 Å². The van der Waals surface area contributed by atoms with Crippen molar-refractivity contribution in [2.45, 2.75) is 32.2 Å². The molecule has 0 spiro atoms. The molecule has 36 heavy (non-hydrogen) atoms. The number of thioether (sulfide) groups is 1. The summed E-state index contributed by atoms with van der Waals surface area (Å²) in [6, 6.07) is 6.62. The minimum absolute atomic E-state index is 0.187. The van der Waals surface area contributed by atoms with Gasteiger partial charge in [0.05, 0.1) is 5.69 Å². The van der Waals surface area contributed by atoms with Crippen LogP contribution in [0.15, 0.2) is 43.9 Å². The average molecular weight is 541 g/mol. The monoisotopic (exact) mass is 540 g/mol. The molecule has 0 N–H and O–H groups in total. The lowest BCUT2D eigenvalue weighted by Gasteiger charge is -2.27. The van der Waals surface area contributed by atoms with Crippen LogP contribution in [0.25, 0.3) is 0 Å². The molecule has 194 valence electrons. The van der Waals surface area contributed by atoms with Crippen molar-refractivity contribution in [1.82, 2.24) is 14.8 Å². The number of oxazole rings is 1. The van der Waals surface area contributed by atoms with Crippen molar-refractivity contribution in [1.29, 1.82) is 0 Å². The van der Waals surface area contributed by atoms with Crippen molar-refractivity contribution in [2.75, 3.05) is 43.9 Å². The number of aryl methyl sites for hydroxylation is 1. The Hall–Kier alpha value is -2.38. The number of amidine groups is 2. The molecule has 2 fully saturated rings. The molecule has 4 heterocycles. The summed E-state index contributed by atoms with van der Waals surface area (Å²) in [6.45, 7) is 5.84. The van der Waals surface area contributed by atoms with E-state index in [0.717, 1.165) is 79.3 Å². The topological polar surface area (TPSA) is 69.7 Å². The van der Waals surface area contributed by atoms with E-state index >= 15 is 0 Å². The smallest absolute Gasteiger partial charge is 0.440 e. The van der Waals surface area contributed by atoms with Gasteiger partial charge in [-0.25, -0.2) is 4.98 Å². The van der Waals surface area contributed by atoms with E-state index < -0.39 is 6.36 Å². The Balaban J connectivity index is 1.08. The maximum absolute atomic E-state index is 12.4. The first-order valence-electron chi connectivity index (χ1n) is 11.7. The van der Waals surface area contributed by atoms with E-state index in [1.165, 1.54) is 18.5 Å². The molecule has 2 saturated heterocycles. The molecular weight excluding hydrogens is 513 g/mol. The SMILES string of the molecule is Cc1ncoc1C1=NSN=C(SCCCN2CC3CCN(c4ccc(OC(F)(F)F)cc4)C3C2)N1C. The Kier molecular flexibility index (Phi) is 7.40. The van der Waals surface area contributed by atoms with E-state index in [1.54, 1.807) is 23.9 Å². The van der Waals surface area contributed by atoms with Gasteiger partial charge in [-0.15, -0.1) is 13.2 Å². The number of fused-ring (bicyclic) bond motifs is 1. The fourth-order valence-electron chi connectivity index (χ4n) is 4.98. The quantitative estimate of drug-likeness (QED) is 0.366. The number of halogens is 3. The Morgan fingerprint density at radius 1 is 1.19 bits per heavy atom. The molecule has 0 amide bonds. The van der Waals surface area contributed by atoms with Crippen LogP contribution in [0.3, 0.4) is 0 Å².